The van der Waals surface area contributed by atoms with Gasteiger partial charge in [-0.1, -0.05) is 17.5 Å². The number of hydrogen-bond donors (Lipinski definition) is 0. The van der Waals surface area contributed by atoms with E-state index in [1.807, 2.05) is 30.4 Å². The van der Waals surface area contributed by atoms with Crippen molar-refractivity contribution >= 4 is 12.2 Å². The Balaban J connectivity index is 2.57. The molecule has 0 heterocycles. The van der Waals surface area contributed by atoms with Gasteiger partial charge in [-0.3, -0.25) is 0 Å². The fourth-order valence-corrected chi connectivity index (χ4v) is 1.18. The van der Waals surface area contributed by atoms with Crippen molar-refractivity contribution in [3.8, 4) is 5.75 Å². The Morgan fingerprint density at radius 3 is 2.58 bits per heavy atom. The Kier molecular flexibility index (Phi) is 1.60. The van der Waals surface area contributed by atoms with Gasteiger partial charge in [0.15, 0.2) is 0 Å². The van der Waals surface area contributed by atoms with Crippen LogP contribution in [0.1, 0.15) is 11.1 Å². The molecule has 0 spiro atoms. The predicted octanol–water partition coefficient (Wildman–Crippen LogP) is 2.49. The third kappa shape index (κ3) is 1.08. The van der Waals surface area contributed by atoms with Crippen LogP contribution in [0.25, 0.3) is 12.2 Å². The molecular formula is C11H8O. The van der Waals surface area contributed by atoms with Gasteiger partial charge in [-0.2, -0.15) is 0 Å². The van der Waals surface area contributed by atoms with Crippen LogP contribution < -0.4 is 4.74 Å². The summed E-state index contributed by atoms with van der Waals surface area (Å²) in [5.41, 5.74) is 8.11. The Hall–Kier alpha value is -1.68. The van der Waals surface area contributed by atoms with E-state index >= 15 is 0 Å². The molecule has 0 bridgehead atoms. The number of hydrogen-bond acceptors (Lipinski definition) is 1. The second-order valence-electron chi connectivity index (χ2n) is 2.57. The molecule has 2 rings (SSSR count). The van der Waals surface area contributed by atoms with Crippen molar-refractivity contribution in [3.05, 3.63) is 40.8 Å². The maximum absolute atomic E-state index is 5.10. The van der Waals surface area contributed by atoms with E-state index in [4.69, 9.17) is 4.74 Å². The van der Waals surface area contributed by atoms with Crippen LogP contribution in [0, 0.1) is 0 Å². The molecule has 1 aromatic carbocycles. The van der Waals surface area contributed by atoms with Gasteiger partial charge in [-0.05, 0) is 35.4 Å². The summed E-state index contributed by atoms with van der Waals surface area (Å²) < 4.78 is 5.10. The van der Waals surface area contributed by atoms with Gasteiger partial charge in [0, 0.05) is 0 Å². The SMILES string of the molecule is COc1ccc2c(c1)C=C=C=C2. The average Bonchev–Trinajstić information content (AvgIpc) is 2.17. The van der Waals surface area contributed by atoms with Crippen molar-refractivity contribution in [2.75, 3.05) is 7.11 Å². The Labute approximate surface area is 71.3 Å². The van der Waals surface area contributed by atoms with E-state index in [0.29, 0.717) is 0 Å². The van der Waals surface area contributed by atoms with Crippen LogP contribution in [0.4, 0.5) is 0 Å². The van der Waals surface area contributed by atoms with Crippen LogP contribution in [0.5, 0.6) is 5.75 Å². The van der Waals surface area contributed by atoms with Crippen molar-refractivity contribution < 1.29 is 4.74 Å². The summed E-state index contributed by atoms with van der Waals surface area (Å²) in [5, 5.41) is 0. The molecule has 1 nitrogen and oxygen atoms in total. The molecule has 1 aliphatic carbocycles. The first kappa shape index (κ1) is 7.00. The molecule has 0 saturated heterocycles. The first-order valence-electron chi connectivity index (χ1n) is 3.76. The van der Waals surface area contributed by atoms with E-state index in [0.717, 1.165) is 16.9 Å². The van der Waals surface area contributed by atoms with E-state index < -0.39 is 0 Å². The summed E-state index contributed by atoms with van der Waals surface area (Å²) in [6, 6.07) is 5.94. The zero-order valence-electron chi connectivity index (χ0n) is 6.79. The largest absolute Gasteiger partial charge is 0.497 e. The van der Waals surface area contributed by atoms with Crippen LogP contribution in [0.3, 0.4) is 0 Å². The van der Waals surface area contributed by atoms with E-state index in [1.54, 1.807) is 7.11 Å². The molecule has 1 aliphatic rings. The molecule has 0 amide bonds. The van der Waals surface area contributed by atoms with Crippen molar-refractivity contribution in [1.29, 1.82) is 0 Å². The molecule has 0 saturated carbocycles. The first-order valence-corrected chi connectivity index (χ1v) is 3.76. The minimum Gasteiger partial charge on any atom is -0.497 e. The topological polar surface area (TPSA) is 9.23 Å². The molecule has 0 fully saturated rings. The second-order valence-corrected chi connectivity index (χ2v) is 2.57. The second kappa shape index (κ2) is 2.75. The van der Waals surface area contributed by atoms with Gasteiger partial charge in [-0.25, -0.2) is 0 Å². The van der Waals surface area contributed by atoms with Crippen LogP contribution >= 0.6 is 0 Å². The average molecular weight is 156 g/mol. The summed E-state index contributed by atoms with van der Waals surface area (Å²) in [6.45, 7) is 0. The van der Waals surface area contributed by atoms with Gasteiger partial charge in [0.2, 0.25) is 0 Å². The third-order valence-electron chi connectivity index (χ3n) is 1.83. The van der Waals surface area contributed by atoms with Crippen molar-refractivity contribution in [3.63, 3.8) is 0 Å². The lowest BCUT2D eigenvalue weighted by atomic mass is 10.1. The lowest BCUT2D eigenvalue weighted by Gasteiger charge is -2.04. The molecule has 1 heteroatoms. The first-order chi connectivity index (χ1) is 5.90. The van der Waals surface area contributed by atoms with E-state index in [1.165, 1.54) is 0 Å². The van der Waals surface area contributed by atoms with E-state index in [-0.39, 0.29) is 0 Å². The van der Waals surface area contributed by atoms with Gasteiger partial charge >= 0.3 is 0 Å². The molecule has 0 atom stereocenters. The molecule has 0 radical (unpaired) electrons. The van der Waals surface area contributed by atoms with Crippen molar-refractivity contribution in [2.24, 2.45) is 0 Å². The third-order valence-corrected chi connectivity index (χ3v) is 1.83. The van der Waals surface area contributed by atoms with Gasteiger partial charge in [0.25, 0.3) is 0 Å². The Morgan fingerprint density at radius 2 is 1.83 bits per heavy atom. The molecule has 12 heavy (non-hydrogen) atoms. The van der Waals surface area contributed by atoms with Gasteiger partial charge in [-0.15, -0.1) is 0 Å². The molecule has 1 aromatic rings. The Bertz CT molecular complexity index is 403. The molecule has 0 N–H and O–H groups in total. The monoisotopic (exact) mass is 156 g/mol. The standard InChI is InChI=1S/C11H8O/c1-12-11-7-6-9-4-2-3-5-10(9)8-11/h4-8H,1H3. The summed E-state index contributed by atoms with van der Waals surface area (Å²) >= 11 is 0. The van der Waals surface area contributed by atoms with Gasteiger partial charge < -0.3 is 4.74 Å². The zero-order chi connectivity index (χ0) is 8.39. The van der Waals surface area contributed by atoms with E-state index in [2.05, 4.69) is 11.5 Å². The highest BCUT2D eigenvalue weighted by Gasteiger charge is 1.99. The van der Waals surface area contributed by atoms with Gasteiger partial charge in [0.1, 0.15) is 5.75 Å². The highest BCUT2D eigenvalue weighted by atomic mass is 16.5. The molecule has 58 valence electrons. The van der Waals surface area contributed by atoms with Crippen molar-refractivity contribution in [1.82, 2.24) is 0 Å². The predicted molar refractivity (Wildman–Crippen MR) is 48.9 cm³/mol. The molecular weight excluding hydrogens is 148 g/mol. The smallest absolute Gasteiger partial charge is 0.119 e. The van der Waals surface area contributed by atoms with Crippen LogP contribution in [0.2, 0.25) is 0 Å². The molecule has 0 aromatic heterocycles. The highest BCUT2D eigenvalue weighted by Crippen LogP contribution is 2.20. The lowest BCUT2D eigenvalue weighted by Crippen LogP contribution is -1.86. The minimum atomic E-state index is 0.877. The number of rotatable bonds is 1. The summed E-state index contributed by atoms with van der Waals surface area (Å²) in [5.74, 6) is 0.877. The van der Waals surface area contributed by atoms with Crippen LogP contribution in [-0.2, 0) is 0 Å². The Morgan fingerprint density at radius 1 is 1.08 bits per heavy atom. The fraction of sp³-hybridized carbons (Fsp3) is 0.0909. The number of fused-ring (bicyclic) bond motifs is 1. The highest BCUT2D eigenvalue weighted by molar-refractivity contribution is 5.69. The fourth-order valence-electron chi connectivity index (χ4n) is 1.18. The quantitative estimate of drug-likeness (QED) is 0.576. The van der Waals surface area contributed by atoms with Crippen LogP contribution in [-0.4, -0.2) is 7.11 Å². The minimum absolute atomic E-state index is 0.877. The molecule has 0 aliphatic heterocycles. The maximum Gasteiger partial charge on any atom is 0.119 e. The van der Waals surface area contributed by atoms with Gasteiger partial charge in [0.05, 0.1) is 7.11 Å². The number of ether oxygens (including phenoxy) is 1. The summed E-state index contributed by atoms with van der Waals surface area (Å²) in [6.07, 6.45) is 3.81. The van der Waals surface area contributed by atoms with Crippen LogP contribution in [0.15, 0.2) is 29.7 Å². The number of benzene rings is 1. The maximum atomic E-state index is 5.10. The normalized spacial score (nSPS) is 11.4. The molecule has 0 unspecified atom stereocenters. The lowest BCUT2D eigenvalue weighted by molar-refractivity contribution is 0.414. The van der Waals surface area contributed by atoms with E-state index in [9.17, 15) is 0 Å². The van der Waals surface area contributed by atoms with Crippen molar-refractivity contribution in [2.45, 2.75) is 0 Å². The summed E-state index contributed by atoms with van der Waals surface area (Å²) in [4.78, 5) is 0. The number of methoxy groups -OCH3 is 1. The summed E-state index contributed by atoms with van der Waals surface area (Å²) in [7, 11) is 1.67. The zero-order valence-corrected chi connectivity index (χ0v) is 6.79.